The van der Waals surface area contributed by atoms with E-state index in [0.29, 0.717) is 11.1 Å². The second kappa shape index (κ2) is 5.40. The van der Waals surface area contributed by atoms with E-state index in [1.54, 1.807) is 36.4 Å². The van der Waals surface area contributed by atoms with Crippen molar-refractivity contribution in [1.29, 1.82) is 0 Å². The van der Waals surface area contributed by atoms with E-state index in [1.165, 1.54) is 0 Å². The lowest BCUT2D eigenvalue weighted by Crippen LogP contribution is -2.52. The van der Waals surface area contributed by atoms with Gasteiger partial charge < -0.3 is 11.5 Å². The highest BCUT2D eigenvalue weighted by molar-refractivity contribution is 6.13. The summed E-state index contributed by atoms with van der Waals surface area (Å²) in [4.78, 5) is 24.4. The van der Waals surface area contributed by atoms with Crippen molar-refractivity contribution in [3.05, 3.63) is 70.8 Å². The van der Waals surface area contributed by atoms with Crippen molar-refractivity contribution in [3.63, 3.8) is 0 Å². The minimum Gasteiger partial charge on any atom is -0.368 e. The first-order chi connectivity index (χ1) is 9.88. The number of hydrogen-bond donors (Lipinski definition) is 2. The van der Waals surface area contributed by atoms with E-state index in [1.807, 2.05) is 26.0 Å². The smallest absolute Gasteiger partial charge is 0.242 e. The first kappa shape index (κ1) is 14.8. The third-order valence-electron chi connectivity index (χ3n) is 3.64. The Balaban J connectivity index is 2.82. The van der Waals surface area contributed by atoms with Crippen molar-refractivity contribution < 1.29 is 9.59 Å². The van der Waals surface area contributed by atoms with E-state index in [2.05, 4.69) is 0 Å². The molecule has 0 atom stereocenters. The maximum Gasteiger partial charge on any atom is 0.242 e. The summed E-state index contributed by atoms with van der Waals surface area (Å²) in [5.74, 6) is -1.54. The Morgan fingerprint density at radius 2 is 1.19 bits per heavy atom. The lowest BCUT2D eigenvalue weighted by Gasteiger charge is -2.29. The van der Waals surface area contributed by atoms with Gasteiger partial charge in [0.25, 0.3) is 0 Å². The van der Waals surface area contributed by atoms with Crippen LogP contribution in [0.5, 0.6) is 0 Å². The van der Waals surface area contributed by atoms with Crippen molar-refractivity contribution in [3.8, 4) is 0 Å². The van der Waals surface area contributed by atoms with Gasteiger partial charge in [-0.25, -0.2) is 0 Å². The third kappa shape index (κ3) is 2.40. The van der Waals surface area contributed by atoms with Gasteiger partial charge in [-0.1, -0.05) is 59.7 Å². The Bertz CT molecular complexity index is 646. The van der Waals surface area contributed by atoms with Crippen LogP contribution in [0.15, 0.2) is 48.5 Å². The number of hydrogen-bond acceptors (Lipinski definition) is 2. The molecule has 0 saturated carbocycles. The van der Waals surface area contributed by atoms with Crippen molar-refractivity contribution in [2.24, 2.45) is 11.5 Å². The number of benzene rings is 2. The van der Waals surface area contributed by atoms with Crippen LogP contribution in [0.1, 0.15) is 22.3 Å². The van der Waals surface area contributed by atoms with Gasteiger partial charge in [0.05, 0.1) is 0 Å². The summed E-state index contributed by atoms with van der Waals surface area (Å²) in [7, 11) is 0. The highest BCUT2D eigenvalue weighted by Gasteiger charge is 2.46. The van der Waals surface area contributed by atoms with Gasteiger partial charge in [0.2, 0.25) is 11.8 Å². The lowest BCUT2D eigenvalue weighted by atomic mass is 9.72. The van der Waals surface area contributed by atoms with E-state index in [-0.39, 0.29) is 0 Å². The van der Waals surface area contributed by atoms with Crippen molar-refractivity contribution in [2.45, 2.75) is 19.3 Å². The highest BCUT2D eigenvalue weighted by Crippen LogP contribution is 2.33. The molecule has 4 N–H and O–H groups in total. The Morgan fingerprint density at radius 3 is 1.48 bits per heavy atom. The predicted octanol–water partition coefficient (Wildman–Crippen LogP) is 1.56. The molecule has 21 heavy (non-hydrogen) atoms. The summed E-state index contributed by atoms with van der Waals surface area (Å²) < 4.78 is 0. The van der Waals surface area contributed by atoms with Gasteiger partial charge in [0, 0.05) is 0 Å². The SMILES string of the molecule is Cc1cccc(C(C(N)=O)(C(N)=O)c2cccc(C)c2)c1. The monoisotopic (exact) mass is 282 g/mol. The molecule has 0 heterocycles. The standard InChI is InChI=1S/C17H18N2O2/c1-11-5-3-7-13(9-11)17(15(18)20,16(19)21)14-8-4-6-12(2)10-14/h3-10H,1-2H3,(H2,18,20)(H2,19,21). The predicted molar refractivity (Wildman–Crippen MR) is 81.5 cm³/mol. The molecule has 0 fully saturated rings. The van der Waals surface area contributed by atoms with Gasteiger partial charge in [-0.05, 0) is 25.0 Å². The molecule has 0 aliphatic rings. The van der Waals surface area contributed by atoms with Crippen LogP contribution in [0.4, 0.5) is 0 Å². The Hall–Kier alpha value is -2.62. The zero-order chi connectivity index (χ0) is 15.6. The zero-order valence-corrected chi connectivity index (χ0v) is 12.1. The minimum absolute atomic E-state index is 0.494. The summed E-state index contributed by atoms with van der Waals surface area (Å²) >= 11 is 0. The molecule has 2 rings (SSSR count). The Labute approximate surface area is 123 Å². The first-order valence-corrected chi connectivity index (χ1v) is 6.63. The number of carbonyl (C=O) groups is 2. The van der Waals surface area contributed by atoms with Crippen LogP contribution >= 0.6 is 0 Å². The van der Waals surface area contributed by atoms with E-state index in [9.17, 15) is 9.59 Å². The number of carbonyl (C=O) groups excluding carboxylic acids is 2. The van der Waals surface area contributed by atoms with E-state index in [4.69, 9.17) is 11.5 Å². The van der Waals surface area contributed by atoms with Gasteiger partial charge in [0.15, 0.2) is 5.41 Å². The molecule has 4 heteroatoms. The second-order valence-electron chi connectivity index (χ2n) is 5.22. The number of nitrogens with two attached hydrogens (primary N) is 2. The quantitative estimate of drug-likeness (QED) is 0.834. The molecule has 0 unspecified atom stereocenters. The minimum atomic E-state index is -1.65. The number of rotatable bonds is 4. The van der Waals surface area contributed by atoms with Gasteiger partial charge in [-0.3, -0.25) is 9.59 Å². The van der Waals surface area contributed by atoms with E-state index in [0.717, 1.165) is 11.1 Å². The molecule has 0 aliphatic carbocycles. The molecule has 0 bridgehead atoms. The molecular formula is C17H18N2O2. The topological polar surface area (TPSA) is 86.2 Å². The molecule has 108 valence electrons. The van der Waals surface area contributed by atoms with Gasteiger partial charge in [-0.2, -0.15) is 0 Å². The van der Waals surface area contributed by atoms with Crippen LogP contribution in [0, 0.1) is 13.8 Å². The van der Waals surface area contributed by atoms with E-state index < -0.39 is 17.2 Å². The van der Waals surface area contributed by atoms with Crippen LogP contribution in [0.3, 0.4) is 0 Å². The van der Waals surface area contributed by atoms with Gasteiger partial charge in [0.1, 0.15) is 0 Å². The number of aryl methyl sites for hydroxylation is 2. The fraction of sp³-hybridized carbons (Fsp3) is 0.176. The van der Waals surface area contributed by atoms with Crippen LogP contribution in [0.25, 0.3) is 0 Å². The summed E-state index contributed by atoms with van der Waals surface area (Å²) in [6.07, 6.45) is 0. The highest BCUT2D eigenvalue weighted by atomic mass is 16.2. The fourth-order valence-electron chi connectivity index (χ4n) is 2.61. The van der Waals surface area contributed by atoms with Crippen molar-refractivity contribution in [2.75, 3.05) is 0 Å². The van der Waals surface area contributed by atoms with Gasteiger partial charge in [-0.15, -0.1) is 0 Å². The molecule has 4 nitrogen and oxygen atoms in total. The molecule has 0 aliphatic heterocycles. The van der Waals surface area contributed by atoms with Crippen LogP contribution in [-0.2, 0) is 15.0 Å². The maximum absolute atomic E-state index is 12.2. The largest absolute Gasteiger partial charge is 0.368 e. The average molecular weight is 282 g/mol. The normalized spacial score (nSPS) is 11.1. The van der Waals surface area contributed by atoms with Crippen LogP contribution in [-0.4, -0.2) is 11.8 Å². The average Bonchev–Trinajstić information content (AvgIpc) is 2.38. The molecular weight excluding hydrogens is 264 g/mol. The van der Waals surface area contributed by atoms with Crippen molar-refractivity contribution in [1.82, 2.24) is 0 Å². The fourth-order valence-corrected chi connectivity index (χ4v) is 2.61. The summed E-state index contributed by atoms with van der Waals surface area (Å²) in [5, 5.41) is 0. The molecule has 0 aromatic heterocycles. The first-order valence-electron chi connectivity index (χ1n) is 6.63. The van der Waals surface area contributed by atoms with Crippen molar-refractivity contribution >= 4 is 11.8 Å². The molecule has 2 amide bonds. The Kier molecular flexibility index (Phi) is 3.80. The van der Waals surface area contributed by atoms with E-state index >= 15 is 0 Å². The van der Waals surface area contributed by atoms with Gasteiger partial charge >= 0.3 is 0 Å². The van der Waals surface area contributed by atoms with Crippen LogP contribution < -0.4 is 11.5 Å². The molecule has 2 aromatic rings. The number of amides is 2. The molecule has 0 saturated heterocycles. The molecule has 0 spiro atoms. The second-order valence-corrected chi connectivity index (χ2v) is 5.22. The zero-order valence-electron chi connectivity index (χ0n) is 12.1. The maximum atomic E-state index is 12.2. The van der Waals surface area contributed by atoms with Crippen LogP contribution in [0.2, 0.25) is 0 Å². The molecule has 0 radical (unpaired) electrons. The summed E-state index contributed by atoms with van der Waals surface area (Å²) in [6.45, 7) is 3.76. The Morgan fingerprint density at radius 1 is 0.810 bits per heavy atom. The lowest BCUT2D eigenvalue weighted by molar-refractivity contribution is -0.132. The third-order valence-corrected chi connectivity index (χ3v) is 3.64. The summed E-state index contributed by atoms with van der Waals surface area (Å²) in [5.41, 5.74) is 12.4. The molecule has 2 aromatic carbocycles. The number of primary amides is 2. The summed E-state index contributed by atoms with van der Waals surface area (Å²) in [6, 6.07) is 14.2.